The lowest BCUT2D eigenvalue weighted by Gasteiger charge is -2.11. The number of nitrogens with one attached hydrogen (secondary N) is 2. The summed E-state index contributed by atoms with van der Waals surface area (Å²) >= 11 is 0. The lowest BCUT2D eigenvalue weighted by molar-refractivity contribution is 0.0610. The number of H-pyrrole nitrogens is 1. The number of benzene rings is 1. The highest BCUT2D eigenvalue weighted by Crippen LogP contribution is 2.16. The van der Waals surface area contributed by atoms with E-state index < -0.39 is 6.10 Å². The van der Waals surface area contributed by atoms with Crippen LogP contribution in [-0.2, 0) is 4.74 Å². The van der Waals surface area contributed by atoms with Gasteiger partial charge in [-0.3, -0.25) is 4.79 Å². The second-order valence-electron chi connectivity index (χ2n) is 4.07. The number of amides is 1. The smallest absolute Gasteiger partial charge is 0.253 e. The van der Waals surface area contributed by atoms with Crippen molar-refractivity contribution in [3.63, 3.8) is 0 Å². The highest BCUT2D eigenvalue weighted by molar-refractivity contribution is 6.05. The molecule has 0 fully saturated rings. The zero-order valence-corrected chi connectivity index (χ0v) is 10.1. The van der Waals surface area contributed by atoms with Gasteiger partial charge in [-0.15, -0.1) is 0 Å². The van der Waals surface area contributed by atoms with Gasteiger partial charge in [-0.25, -0.2) is 0 Å². The van der Waals surface area contributed by atoms with Crippen molar-refractivity contribution >= 4 is 16.8 Å². The molecule has 0 aliphatic carbocycles. The number of para-hydroxylation sites is 1. The molecule has 0 saturated heterocycles. The molecule has 1 amide bonds. The number of hydrogen-bond donors (Lipinski definition) is 3. The first-order valence-electron chi connectivity index (χ1n) is 5.73. The molecule has 1 atom stereocenters. The number of aromatic nitrogens is 1. The zero-order chi connectivity index (χ0) is 13.0. The number of aromatic amines is 1. The van der Waals surface area contributed by atoms with Crippen molar-refractivity contribution in [2.75, 3.05) is 20.3 Å². The van der Waals surface area contributed by atoms with E-state index >= 15 is 0 Å². The van der Waals surface area contributed by atoms with E-state index in [-0.39, 0.29) is 19.1 Å². The maximum absolute atomic E-state index is 12.0. The minimum atomic E-state index is -0.693. The molecular weight excluding hydrogens is 232 g/mol. The van der Waals surface area contributed by atoms with Gasteiger partial charge in [0.25, 0.3) is 5.91 Å². The van der Waals surface area contributed by atoms with Gasteiger partial charge >= 0.3 is 0 Å². The Bertz CT molecular complexity index is 536. The monoisotopic (exact) mass is 248 g/mol. The van der Waals surface area contributed by atoms with Gasteiger partial charge in [0.2, 0.25) is 0 Å². The summed E-state index contributed by atoms with van der Waals surface area (Å²) in [6, 6.07) is 7.42. The number of methoxy groups -OCH3 is 1. The van der Waals surface area contributed by atoms with Gasteiger partial charge in [0.1, 0.15) is 0 Å². The Balaban J connectivity index is 2.07. The van der Waals surface area contributed by atoms with Crippen LogP contribution in [0.3, 0.4) is 0 Å². The zero-order valence-electron chi connectivity index (χ0n) is 10.1. The Labute approximate surface area is 105 Å². The van der Waals surface area contributed by atoms with Crippen molar-refractivity contribution < 1.29 is 14.6 Å². The van der Waals surface area contributed by atoms with Crippen molar-refractivity contribution in [1.82, 2.24) is 10.3 Å². The molecule has 0 saturated carbocycles. The third kappa shape index (κ3) is 2.69. The van der Waals surface area contributed by atoms with E-state index in [0.717, 1.165) is 10.9 Å². The number of carbonyl (C=O) groups excluding carboxylic acids is 1. The molecule has 18 heavy (non-hydrogen) atoms. The number of fused-ring (bicyclic) bond motifs is 1. The van der Waals surface area contributed by atoms with Gasteiger partial charge in [-0.2, -0.15) is 0 Å². The van der Waals surface area contributed by atoms with Crippen LogP contribution in [0.4, 0.5) is 0 Å². The van der Waals surface area contributed by atoms with Crippen LogP contribution >= 0.6 is 0 Å². The summed E-state index contributed by atoms with van der Waals surface area (Å²) in [6.45, 7) is 0.372. The summed E-state index contributed by atoms with van der Waals surface area (Å²) in [6.07, 6.45) is 1.10. The molecule has 0 bridgehead atoms. The second-order valence-corrected chi connectivity index (χ2v) is 4.07. The Morgan fingerprint density at radius 1 is 1.50 bits per heavy atom. The van der Waals surface area contributed by atoms with E-state index in [4.69, 9.17) is 4.74 Å². The van der Waals surface area contributed by atoms with Crippen molar-refractivity contribution in [1.29, 1.82) is 0 Å². The standard InChI is InChI=1S/C13H16N2O3/c1-18-8-10(16)7-15-13(17)11-4-2-3-9-5-6-14-12(9)11/h2-6,10,14,16H,7-8H2,1H3,(H,15,17). The molecule has 96 valence electrons. The summed E-state index contributed by atoms with van der Waals surface area (Å²) in [5.74, 6) is -0.210. The normalized spacial score (nSPS) is 12.6. The predicted molar refractivity (Wildman–Crippen MR) is 68.5 cm³/mol. The van der Waals surface area contributed by atoms with Crippen LogP contribution in [0.25, 0.3) is 10.9 Å². The van der Waals surface area contributed by atoms with Crippen LogP contribution in [0.15, 0.2) is 30.5 Å². The third-order valence-corrected chi connectivity index (χ3v) is 2.69. The number of hydrogen-bond acceptors (Lipinski definition) is 3. The highest BCUT2D eigenvalue weighted by atomic mass is 16.5. The van der Waals surface area contributed by atoms with E-state index in [1.165, 1.54) is 7.11 Å². The van der Waals surface area contributed by atoms with Gasteiger partial charge in [0, 0.05) is 25.2 Å². The fourth-order valence-electron chi connectivity index (χ4n) is 1.83. The quantitative estimate of drug-likeness (QED) is 0.736. The van der Waals surface area contributed by atoms with E-state index in [0.29, 0.717) is 5.56 Å². The van der Waals surface area contributed by atoms with Gasteiger partial charge in [-0.05, 0) is 12.1 Å². The summed E-state index contributed by atoms with van der Waals surface area (Å²) in [4.78, 5) is 15.0. The fourth-order valence-corrected chi connectivity index (χ4v) is 1.83. The van der Waals surface area contributed by atoms with Crippen LogP contribution in [0.5, 0.6) is 0 Å². The second kappa shape index (κ2) is 5.66. The Morgan fingerprint density at radius 2 is 2.33 bits per heavy atom. The highest BCUT2D eigenvalue weighted by Gasteiger charge is 2.12. The van der Waals surface area contributed by atoms with Gasteiger partial charge < -0.3 is 20.1 Å². The first-order valence-corrected chi connectivity index (χ1v) is 5.73. The van der Waals surface area contributed by atoms with Crippen LogP contribution < -0.4 is 5.32 Å². The first kappa shape index (κ1) is 12.6. The topological polar surface area (TPSA) is 74.3 Å². The average molecular weight is 248 g/mol. The van der Waals surface area contributed by atoms with Gasteiger partial charge in [0.05, 0.1) is 23.8 Å². The fraction of sp³-hybridized carbons (Fsp3) is 0.308. The molecular formula is C13H16N2O3. The first-order chi connectivity index (χ1) is 8.72. The lowest BCUT2D eigenvalue weighted by Crippen LogP contribution is -2.34. The van der Waals surface area contributed by atoms with Crippen molar-refractivity contribution in [3.8, 4) is 0 Å². The SMILES string of the molecule is COCC(O)CNC(=O)c1cccc2cc[nH]c12. The molecule has 5 heteroatoms. The molecule has 1 heterocycles. The van der Waals surface area contributed by atoms with E-state index in [1.807, 2.05) is 18.2 Å². The Hall–Kier alpha value is -1.85. The maximum atomic E-state index is 12.0. The number of aliphatic hydroxyl groups is 1. The maximum Gasteiger partial charge on any atom is 0.253 e. The summed E-state index contributed by atoms with van der Waals surface area (Å²) in [5, 5.41) is 13.1. The molecule has 0 aliphatic heterocycles. The number of rotatable bonds is 5. The number of carbonyl (C=O) groups is 1. The molecule has 5 nitrogen and oxygen atoms in total. The lowest BCUT2D eigenvalue weighted by atomic mass is 10.1. The number of aliphatic hydroxyl groups excluding tert-OH is 1. The van der Waals surface area contributed by atoms with E-state index in [9.17, 15) is 9.90 Å². The Morgan fingerprint density at radius 3 is 3.11 bits per heavy atom. The molecule has 2 aromatic rings. The molecule has 1 unspecified atom stereocenters. The summed E-state index contributed by atoms with van der Waals surface area (Å²) in [7, 11) is 1.50. The van der Waals surface area contributed by atoms with E-state index in [2.05, 4.69) is 10.3 Å². The Kier molecular flexibility index (Phi) is 3.96. The predicted octanol–water partition coefficient (Wildman–Crippen LogP) is 0.905. The summed E-state index contributed by atoms with van der Waals surface area (Å²) < 4.78 is 4.79. The van der Waals surface area contributed by atoms with Crippen molar-refractivity contribution in [2.45, 2.75) is 6.10 Å². The van der Waals surface area contributed by atoms with Crippen LogP contribution in [0, 0.1) is 0 Å². The minimum absolute atomic E-state index is 0.170. The van der Waals surface area contributed by atoms with Gasteiger partial charge in [0.15, 0.2) is 0 Å². The molecule has 0 aliphatic rings. The van der Waals surface area contributed by atoms with Gasteiger partial charge in [-0.1, -0.05) is 12.1 Å². The van der Waals surface area contributed by atoms with Crippen LogP contribution in [-0.4, -0.2) is 42.4 Å². The molecule has 3 N–H and O–H groups in total. The molecule has 0 radical (unpaired) electrons. The van der Waals surface area contributed by atoms with E-state index in [1.54, 1.807) is 12.3 Å². The molecule has 1 aromatic carbocycles. The largest absolute Gasteiger partial charge is 0.389 e. The molecule has 0 spiro atoms. The minimum Gasteiger partial charge on any atom is -0.389 e. The third-order valence-electron chi connectivity index (χ3n) is 2.69. The van der Waals surface area contributed by atoms with Crippen LogP contribution in [0.1, 0.15) is 10.4 Å². The van der Waals surface area contributed by atoms with Crippen LogP contribution in [0.2, 0.25) is 0 Å². The van der Waals surface area contributed by atoms with Crippen molar-refractivity contribution in [2.24, 2.45) is 0 Å². The molecule has 2 rings (SSSR count). The summed E-state index contributed by atoms with van der Waals surface area (Å²) in [5.41, 5.74) is 1.37. The van der Waals surface area contributed by atoms with Crippen molar-refractivity contribution in [3.05, 3.63) is 36.0 Å². The average Bonchev–Trinajstić information content (AvgIpc) is 2.84. The number of ether oxygens (including phenoxy) is 1. The molecule has 1 aromatic heterocycles.